The van der Waals surface area contributed by atoms with Crippen molar-refractivity contribution in [3.8, 4) is 0 Å². The summed E-state index contributed by atoms with van der Waals surface area (Å²) in [7, 11) is 0. The second kappa shape index (κ2) is 6.42. The molecule has 0 unspecified atom stereocenters. The number of rotatable bonds is 5. The van der Waals surface area contributed by atoms with Crippen LogP contribution in [0.3, 0.4) is 0 Å². The Bertz CT molecular complexity index is 511. The van der Waals surface area contributed by atoms with Crippen molar-refractivity contribution in [3.63, 3.8) is 0 Å². The number of benzene rings is 1. The lowest BCUT2D eigenvalue weighted by Gasteiger charge is -2.04. The van der Waals surface area contributed by atoms with E-state index < -0.39 is 0 Å². The second-order valence-electron chi connectivity index (χ2n) is 6.45. The van der Waals surface area contributed by atoms with Crippen LogP contribution in [0, 0.1) is 17.8 Å². The van der Waals surface area contributed by atoms with E-state index >= 15 is 0 Å². The minimum absolute atomic E-state index is 0.144. The number of hydrogen-bond donors (Lipinski definition) is 1. The van der Waals surface area contributed by atoms with E-state index in [2.05, 4.69) is 34.8 Å². The zero-order valence-corrected chi connectivity index (χ0v) is 12.7. The molecule has 0 radical (unpaired) electrons. The van der Waals surface area contributed by atoms with Crippen LogP contribution in [0.25, 0.3) is 0 Å². The molecule has 1 aromatic carbocycles. The second-order valence-corrected chi connectivity index (χ2v) is 6.45. The Balaban J connectivity index is 1.44. The average molecular weight is 284 g/mol. The Labute approximate surface area is 126 Å². The lowest BCUT2D eigenvalue weighted by Crippen LogP contribution is -2.22. The highest BCUT2D eigenvalue weighted by Gasteiger charge is 2.54. The fourth-order valence-electron chi connectivity index (χ4n) is 3.63. The fourth-order valence-corrected chi connectivity index (χ4v) is 3.63. The van der Waals surface area contributed by atoms with E-state index in [-0.39, 0.29) is 11.8 Å². The Morgan fingerprint density at radius 2 is 1.86 bits per heavy atom. The van der Waals surface area contributed by atoms with Crippen LogP contribution in [0.2, 0.25) is 0 Å². The van der Waals surface area contributed by atoms with E-state index in [4.69, 9.17) is 0 Å². The van der Waals surface area contributed by atoms with Gasteiger partial charge in [0.25, 0.3) is 0 Å². The van der Waals surface area contributed by atoms with E-state index in [0.29, 0.717) is 11.8 Å². The zero-order chi connectivity index (χ0) is 14.7. The van der Waals surface area contributed by atoms with Crippen LogP contribution < -0.4 is 5.43 Å². The number of hydrazone groups is 1. The highest BCUT2D eigenvalue weighted by molar-refractivity contribution is 5.86. The summed E-state index contributed by atoms with van der Waals surface area (Å²) in [4.78, 5) is 12.1. The Morgan fingerprint density at radius 3 is 2.52 bits per heavy atom. The van der Waals surface area contributed by atoms with Gasteiger partial charge in [0.2, 0.25) is 5.91 Å². The molecule has 0 saturated heterocycles. The molecule has 2 aliphatic carbocycles. The molecule has 2 aliphatic rings. The lowest BCUT2D eigenvalue weighted by atomic mass is 10.0. The maximum Gasteiger partial charge on any atom is 0.243 e. The third-order valence-corrected chi connectivity index (χ3v) is 4.93. The number of hydrogen-bond acceptors (Lipinski definition) is 2. The maximum absolute atomic E-state index is 12.1. The molecule has 0 spiro atoms. The summed E-state index contributed by atoms with van der Waals surface area (Å²) in [5.74, 6) is 1.70. The van der Waals surface area contributed by atoms with Crippen molar-refractivity contribution >= 4 is 11.6 Å². The first-order valence-corrected chi connectivity index (χ1v) is 8.12. The molecule has 2 atom stereocenters. The first-order chi connectivity index (χ1) is 10.3. The molecule has 1 aromatic rings. The van der Waals surface area contributed by atoms with Gasteiger partial charge in [0, 0.05) is 11.6 Å². The van der Waals surface area contributed by atoms with Crippen molar-refractivity contribution in [1.29, 1.82) is 0 Å². The standard InChI is InChI=1S/C18H24N2O/c1-13(11-12-14-7-3-2-4-8-14)19-20-18(21)17-15-9-5-6-10-16(15)17/h2-4,7-8,15-17H,5-6,9-12H2,1H3,(H,20,21)/b19-13-/t15-,16-/m1/s1. The number of carbonyl (C=O) groups is 1. The SMILES string of the molecule is C/C(CCc1ccccc1)=N/NC(=O)C1[C@@H]2CCCC[C@@H]12. The third kappa shape index (κ3) is 3.52. The van der Waals surface area contributed by atoms with Crippen LogP contribution in [-0.2, 0) is 11.2 Å². The summed E-state index contributed by atoms with van der Waals surface area (Å²) in [6.45, 7) is 1.99. The number of carbonyl (C=O) groups excluding carboxylic acids is 1. The molecule has 3 nitrogen and oxygen atoms in total. The largest absolute Gasteiger partial charge is 0.273 e. The summed E-state index contributed by atoms with van der Waals surface area (Å²) in [5, 5.41) is 4.28. The molecule has 112 valence electrons. The zero-order valence-electron chi connectivity index (χ0n) is 12.7. The number of aryl methyl sites for hydroxylation is 1. The van der Waals surface area contributed by atoms with Gasteiger partial charge < -0.3 is 0 Å². The monoisotopic (exact) mass is 284 g/mol. The van der Waals surface area contributed by atoms with Crippen LogP contribution >= 0.6 is 0 Å². The van der Waals surface area contributed by atoms with Crippen LogP contribution in [0.1, 0.15) is 44.6 Å². The van der Waals surface area contributed by atoms with E-state index in [1.807, 2.05) is 13.0 Å². The van der Waals surface area contributed by atoms with Crippen molar-refractivity contribution in [2.24, 2.45) is 22.9 Å². The van der Waals surface area contributed by atoms with Crippen LogP contribution in [0.5, 0.6) is 0 Å². The molecule has 0 aliphatic heterocycles. The van der Waals surface area contributed by atoms with Gasteiger partial charge in [-0.2, -0.15) is 5.10 Å². The maximum atomic E-state index is 12.1. The molecule has 2 fully saturated rings. The summed E-state index contributed by atoms with van der Waals surface area (Å²) >= 11 is 0. The normalized spacial score (nSPS) is 27.9. The van der Waals surface area contributed by atoms with Gasteiger partial charge in [-0.15, -0.1) is 0 Å². The van der Waals surface area contributed by atoms with Crippen LogP contribution in [0.15, 0.2) is 35.4 Å². The quantitative estimate of drug-likeness (QED) is 0.652. The van der Waals surface area contributed by atoms with E-state index in [0.717, 1.165) is 18.6 Å². The van der Waals surface area contributed by atoms with Gasteiger partial charge in [0.15, 0.2) is 0 Å². The Hall–Kier alpha value is -1.64. The first kappa shape index (κ1) is 14.3. The van der Waals surface area contributed by atoms with E-state index in [1.54, 1.807) is 0 Å². The van der Waals surface area contributed by atoms with Gasteiger partial charge >= 0.3 is 0 Å². The molecule has 0 aromatic heterocycles. The van der Waals surface area contributed by atoms with Crippen molar-refractivity contribution in [3.05, 3.63) is 35.9 Å². The number of fused-ring (bicyclic) bond motifs is 1. The first-order valence-electron chi connectivity index (χ1n) is 8.12. The third-order valence-electron chi connectivity index (χ3n) is 4.93. The Kier molecular flexibility index (Phi) is 4.37. The molecule has 2 saturated carbocycles. The van der Waals surface area contributed by atoms with E-state index in [9.17, 15) is 4.79 Å². The van der Waals surface area contributed by atoms with Crippen molar-refractivity contribution < 1.29 is 4.79 Å². The predicted molar refractivity (Wildman–Crippen MR) is 85.0 cm³/mol. The molecule has 3 rings (SSSR count). The molecule has 0 bridgehead atoms. The average Bonchev–Trinajstić information content (AvgIpc) is 3.26. The predicted octanol–water partition coefficient (Wildman–Crippen LogP) is 3.55. The van der Waals surface area contributed by atoms with Gasteiger partial charge in [0.05, 0.1) is 0 Å². The van der Waals surface area contributed by atoms with E-state index in [1.165, 1.54) is 31.2 Å². The van der Waals surface area contributed by atoms with Crippen LogP contribution in [0.4, 0.5) is 0 Å². The molecular weight excluding hydrogens is 260 g/mol. The minimum atomic E-state index is 0.144. The summed E-state index contributed by atoms with van der Waals surface area (Å²) in [6.07, 6.45) is 6.93. The summed E-state index contributed by atoms with van der Waals surface area (Å²) in [5.41, 5.74) is 5.09. The van der Waals surface area contributed by atoms with Crippen molar-refractivity contribution in [1.82, 2.24) is 5.43 Å². The number of amides is 1. The van der Waals surface area contributed by atoms with Gasteiger partial charge in [-0.1, -0.05) is 43.2 Å². The summed E-state index contributed by atoms with van der Waals surface area (Å²) < 4.78 is 0. The van der Waals surface area contributed by atoms with Gasteiger partial charge in [0.1, 0.15) is 0 Å². The minimum Gasteiger partial charge on any atom is -0.273 e. The molecule has 21 heavy (non-hydrogen) atoms. The van der Waals surface area contributed by atoms with Crippen LogP contribution in [-0.4, -0.2) is 11.6 Å². The lowest BCUT2D eigenvalue weighted by molar-refractivity contribution is -0.122. The highest BCUT2D eigenvalue weighted by atomic mass is 16.2. The van der Waals surface area contributed by atoms with Gasteiger partial charge in [-0.3, -0.25) is 4.79 Å². The fraction of sp³-hybridized carbons (Fsp3) is 0.556. The smallest absolute Gasteiger partial charge is 0.243 e. The molecule has 3 heteroatoms. The van der Waals surface area contributed by atoms with Gasteiger partial charge in [-0.05, 0) is 50.0 Å². The molecule has 0 heterocycles. The molecule has 1 N–H and O–H groups in total. The van der Waals surface area contributed by atoms with Crippen molar-refractivity contribution in [2.75, 3.05) is 0 Å². The number of nitrogens with one attached hydrogen (secondary N) is 1. The highest BCUT2D eigenvalue weighted by Crippen LogP contribution is 2.55. The van der Waals surface area contributed by atoms with Crippen molar-refractivity contribution in [2.45, 2.75) is 45.4 Å². The van der Waals surface area contributed by atoms with Gasteiger partial charge in [-0.25, -0.2) is 5.43 Å². The molecule has 1 amide bonds. The summed E-state index contributed by atoms with van der Waals surface area (Å²) in [6, 6.07) is 10.4. The molecular formula is C18H24N2O. The Morgan fingerprint density at radius 1 is 1.19 bits per heavy atom. The topological polar surface area (TPSA) is 41.5 Å². The number of nitrogens with zero attached hydrogens (tertiary/aromatic N) is 1.